The summed E-state index contributed by atoms with van der Waals surface area (Å²) in [6.07, 6.45) is 0.676. The van der Waals surface area contributed by atoms with E-state index in [1.54, 1.807) is 6.07 Å². The maximum atomic E-state index is 10.4. The highest BCUT2D eigenvalue weighted by atomic mass is 16.5. The fraction of sp³-hybridized carbons (Fsp3) is 0.364. The van der Waals surface area contributed by atoms with E-state index in [1.807, 2.05) is 25.1 Å². The lowest BCUT2D eigenvalue weighted by molar-refractivity contribution is -0.139. The van der Waals surface area contributed by atoms with Crippen molar-refractivity contribution in [1.29, 1.82) is 0 Å². The van der Waals surface area contributed by atoms with Crippen LogP contribution in [-0.4, -0.2) is 23.7 Å². The van der Waals surface area contributed by atoms with Gasteiger partial charge in [0.1, 0.15) is 5.75 Å². The predicted molar refractivity (Wildman–Crippen MR) is 56.9 cm³/mol. The highest BCUT2D eigenvalue weighted by molar-refractivity contribution is 5.68. The first-order chi connectivity index (χ1) is 7.09. The lowest BCUT2D eigenvalue weighted by atomic mass is 10.1. The molecule has 82 valence electrons. The molecule has 4 heteroatoms. The average Bonchev–Trinajstić information content (AvgIpc) is 2.15. The van der Waals surface area contributed by atoms with Gasteiger partial charge in [0.05, 0.1) is 0 Å². The Morgan fingerprint density at radius 1 is 1.53 bits per heavy atom. The molecule has 0 bridgehead atoms. The molecule has 0 aromatic heterocycles. The van der Waals surface area contributed by atoms with E-state index < -0.39 is 5.97 Å². The van der Waals surface area contributed by atoms with E-state index in [9.17, 15) is 4.79 Å². The molecule has 0 aliphatic carbocycles. The van der Waals surface area contributed by atoms with Crippen LogP contribution in [0.15, 0.2) is 24.3 Å². The molecule has 0 radical (unpaired) electrons. The number of nitrogens with two attached hydrogens (primary N) is 1. The van der Waals surface area contributed by atoms with Gasteiger partial charge in [-0.3, -0.25) is 0 Å². The summed E-state index contributed by atoms with van der Waals surface area (Å²) < 4.78 is 5.14. The lowest BCUT2D eigenvalue weighted by Crippen LogP contribution is -2.19. The summed E-state index contributed by atoms with van der Waals surface area (Å²) in [5.41, 5.74) is 6.62. The highest BCUT2D eigenvalue weighted by Gasteiger charge is 2.06. The zero-order chi connectivity index (χ0) is 11.3. The molecule has 0 saturated heterocycles. The molecule has 1 aromatic rings. The third-order valence-corrected chi connectivity index (χ3v) is 1.87. The van der Waals surface area contributed by atoms with Gasteiger partial charge in [0.25, 0.3) is 0 Å². The Balaban J connectivity index is 2.72. The molecule has 1 aromatic carbocycles. The summed E-state index contributed by atoms with van der Waals surface area (Å²) in [6.45, 7) is 1.57. The average molecular weight is 209 g/mol. The van der Waals surface area contributed by atoms with Gasteiger partial charge in [-0.2, -0.15) is 0 Å². The van der Waals surface area contributed by atoms with E-state index in [1.165, 1.54) is 0 Å². The second-order valence-electron chi connectivity index (χ2n) is 3.47. The number of hydrogen-bond donors (Lipinski definition) is 2. The van der Waals surface area contributed by atoms with Crippen LogP contribution in [0.2, 0.25) is 0 Å². The van der Waals surface area contributed by atoms with Gasteiger partial charge >= 0.3 is 5.97 Å². The second-order valence-corrected chi connectivity index (χ2v) is 3.47. The third-order valence-electron chi connectivity index (χ3n) is 1.87. The number of aliphatic carboxylic acids is 1. The highest BCUT2D eigenvalue weighted by Crippen LogP contribution is 2.18. The first kappa shape index (κ1) is 11.5. The van der Waals surface area contributed by atoms with E-state index in [2.05, 4.69) is 0 Å². The Labute approximate surface area is 88.7 Å². The summed E-state index contributed by atoms with van der Waals surface area (Å²) in [5.74, 6) is -0.386. The molecular weight excluding hydrogens is 194 g/mol. The predicted octanol–water partition coefficient (Wildman–Crippen LogP) is 1.04. The first-order valence-electron chi connectivity index (χ1n) is 4.77. The number of benzene rings is 1. The van der Waals surface area contributed by atoms with Crippen LogP contribution in [0, 0.1) is 0 Å². The Bertz CT molecular complexity index is 336. The molecule has 0 aliphatic heterocycles. The molecule has 0 aliphatic rings. The maximum Gasteiger partial charge on any atom is 0.341 e. The number of hydrogen-bond acceptors (Lipinski definition) is 3. The molecule has 15 heavy (non-hydrogen) atoms. The molecule has 0 spiro atoms. The number of carboxylic acid groups (broad SMARTS) is 1. The monoisotopic (exact) mass is 209 g/mol. The fourth-order valence-electron chi connectivity index (χ4n) is 1.30. The summed E-state index contributed by atoms with van der Waals surface area (Å²) in [5, 5.41) is 8.50. The molecule has 0 amide bonds. The van der Waals surface area contributed by atoms with Crippen LogP contribution in [-0.2, 0) is 11.2 Å². The second kappa shape index (κ2) is 5.36. The Morgan fingerprint density at radius 2 is 2.20 bits per heavy atom. The molecule has 0 heterocycles. The molecule has 1 unspecified atom stereocenters. The van der Waals surface area contributed by atoms with Crippen LogP contribution < -0.4 is 10.5 Å². The third kappa shape index (κ3) is 3.99. The maximum absolute atomic E-state index is 10.4. The smallest absolute Gasteiger partial charge is 0.341 e. The molecule has 3 N–H and O–H groups in total. The molecule has 1 atom stereocenters. The zero-order valence-corrected chi connectivity index (χ0v) is 8.64. The van der Waals surface area contributed by atoms with Crippen molar-refractivity contribution < 1.29 is 14.6 Å². The van der Waals surface area contributed by atoms with E-state index in [0.29, 0.717) is 12.2 Å². The molecule has 4 nitrogen and oxygen atoms in total. The summed E-state index contributed by atoms with van der Waals surface area (Å²) >= 11 is 0. The summed E-state index contributed by atoms with van der Waals surface area (Å²) in [7, 11) is 0. The van der Waals surface area contributed by atoms with Crippen LogP contribution in [0.3, 0.4) is 0 Å². The zero-order valence-electron chi connectivity index (χ0n) is 8.64. The van der Waals surface area contributed by atoms with Gasteiger partial charge in [0.15, 0.2) is 6.61 Å². The van der Waals surface area contributed by atoms with E-state index in [4.69, 9.17) is 15.6 Å². The number of carboxylic acids is 1. The molecular formula is C11H15NO3. The minimum Gasteiger partial charge on any atom is -0.482 e. The number of para-hydroxylation sites is 1. The van der Waals surface area contributed by atoms with Crippen molar-refractivity contribution in [3.63, 3.8) is 0 Å². The topological polar surface area (TPSA) is 72.5 Å². The Kier molecular flexibility index (Phi) is 4.12. The number of carbonyl (C=O) groups is 1. The Hall–Kier alpha value is -1.55. The van der Waals surface area contributed by atoms with Gasteiger partial charge in [0, 0.05) is 6.04 Å². The number of rotatable bonds is 5. The van der Waals surface area contributed by atoms with Gasteiger partial charge in [-0.05, 0) is 25.0 Å². The van der Waals surface area contributed by atoms with Gasteiger partial charge in [-0.1, -0.05) is 18.2 Å². The van der Waals surface area contributed by atoms with E-state index in [-0.39, 0.29) is 12.6 Å². The van der Waals surface area contributed by atoms with Crippen molar-refractivity contribution in [2.75, 3.05) is 6.61 Å². The fourth-order valence-corrected chi connectivity index (χ4v) is 1.30. The first-order valence-corrected chi connectivity index (χ1v) is 4.77. The van der Waals surface area contributed by atoms with Crippen molar-refractivity contribution in [3.05, 3.63) is 29.8 Å². The standard InChI is InChI=1S/C11H15NO3/c1-8(12)6-9-4-2-3-5-10(9)15-7-11(13)14/h2-5,8H,6-7,12H2,1H3,(H,13,14). The minimum absolute atomic E-state index is 0.0274. The van der Waals surface area contributed by atoms with Crippen LogP contribution in [0.5, 0.6) is 5.75 Å². The van der Waals surface area contributed by atoms with Crippen LogP contribution >= 0.6 is 0 Å². The molecule has 0 fully saturated rings. The quantitative estimate of drug-likeness (QED) is 0.760. The van der Waals surface area contributed by atoms with Gasteiger partial charge in [0.2, 0.25) is 0 Å². The van der Waals surface area contributed by atoms with Gasteiger partial charge < -0.3 is 15.6 Å². The SMILES string of the molecule is CC(N)Cc1ccccc1OCC(=O)O. The summed E-state index contributed by atoms with van der Waals surface area (Å²) in [6, 6.07) is 7.36. The van der Waals surface area contributed by atoms with Gasteiger partial charge in [-0.25, -0.2) is 4.79 Å². The van der Waals surface area contributed by atoms with Crippen molar-refractivity contribution in [2.24, 2.45) is 5.73 Å². The van der Waals surface area contributed by atoms with Crippen molar-refractivity contribution >= 4 is 5.97 Å². The Morgan fingerprint density at radius 3 is 2.80 bits per heavy atom. The minimum atomic E-state index is -0.981. The lowest BCUT2D eigenvalue weighted by Gasteiger charge is -2.11. The van der Waals surface area contributed by atoms with Crippen LogP contribution in [0.1, 0.15) is 12.5 Å². The van der Waals surface area contributed by atoms with Gasteiger partial charge in [-0.15, -0.1) is 0 Å². The van der Waals surface area contributed by atoms with Crippen molar-refractivity contribution in [3.8, 4) is 5.75 Å². The summed E-state index contributed by atoms with van der Waals surface area (Å²) in [4.78, 5) is 10.4. The van der Waals surface area contributed by atoms with Crippen LogP contribution in [0.25, 0.3) is 0 Å². The van der Waals surface area contributed by atoms with Crippen molar-refractivity contribution in [1.82, 2.24) is 0 Å². The largest absolute Gasteiger partial charge is 0.482 e. The van der Waals surface area contributed by atoms with E-state index >= 15 is 0 Å². The normalized spacial score (nSPS) is 12.1. The number of ether oxygens (including phenoxy) is 1. The molecule has 1 rings (SSSR count). The molecule has 0 saturated carbocycles. The van der Waals surface area contributed by atoms with E-state index in [0.717, 1.165) is 5.56 Å². The van der Waals surface area contributed by atoms with Crippen molar-refractivity contribution in [2.45, 2.75) is 19.4 Å². The van der Waals surface area contributed by atoms with Crippen LogP contribution in [0.4, 0.5) is 0 Å².